The molecule has 2 N–H and O–H groups in total. The summed E-state index contributed by atoms with van der Waals surface area (Å²) in [6.07, 6.45) is 12.8. The summed E-state index contributed by atoms with van der Waals surface area (Å²) in [5.41, 5.74) is 8.81. The van der Waals surface area contributed by atoms with Crippen LogP contribution in [0.5, 0.6) is 5.75 Å². The number of carbonyl (C=O) groups excluding carboxylic acids is 1. The van der Waals surface area contributed by atoms with Crippen LogP contribution in [0.4, 0.5) is 0 Å². The van der Waals surface area contributed by atoms with E-state index in [1.54, 1.807) is 6.92 Å². The maximum atomic E-state index is 12.0. The zero-order valence-corrected chi connectivity index (χ0v) is 28.9. The Hall–Kier alpha value is -3.41. The lowest BCUT2D eigenvalue weighted by Gasteiger charge is -2.29. The average Bonchev–Trinajstić information content (AvgIpc) is 3.10. The molecule has 5 heteroatoms. The second-order valence-electron chi connectivity index (χ2n) is 13.4. The van der Waals surface area contributed by atoms with Crippen LogP contribution < -0.4 is 4.74 Å². The van der Waals surface area contributed by atoms with Gasteiger partial charge in [-0.15, -0.1) is 0 Å². The molecule has 3 aromatic carbocycles. The highest BCUT2D eigenvalue weighted by Gasteiger charge is 2.22. The molecule has 4 rings (SSSR count). The van der Waals surface area contributed by atoms with Crippen molar-refractivity contribution in [2.24, 2.45) is 11.8 Å². The summed E-state index contributed by atoms with van der Waals surface area (Å²) in [5.74, 6) is 1.72. The molecule has 254 valence electrons. The van der Waals surface area contributed by atoms with Crippen LogP contribution in [-0.2, 0) is 22.4 Å². The van der Waals surface area contributed by atoms with Gasteiger partial charge in [-0.1, -0.05) is 94.6 Å². The van der Waals surface area contributed by atoms with Gasteiger partial charge >= 0.3 is 5.97 Å². The van der Waals surface area contributed by atoms with E-state index >= 15 is 0 Å². The number of ether oxygens (including phenoxy) is 2. The van der Waals surface area contributed by atoms with E-state index in [4.69, 9.17) is 9.47 Å². The third-order valence-electron chi connectivity index (χ3n) is 9.89. The molecule has 3 aromatic rings. The molecule has 1 fully saturated rings. The quantitative estimate of drug-likeness (QED) is 0.0823. The van der Waals surface area contributed by atoms with Gasteiger partial charge in [-0.2, -0.15) is 0 Å². The van der Waals surface area contributed by atoms with Crippen LogP contribution in [0.2, 0.25) is 0 Å². The monoisotopic (exact) mass is 640 g/mol. The zero-order valence-electron chi connectivity index (χ0n) is 28.9. The van der Waals surface area contributed by atoms with Crippen molar-refractivity contribution >= 4 is 5.97 Å². The molecule has 5 nitrogen and oxygen atoms in total. The fraction of sp³-hybridized carbons (Fsp3) is 0.500. The van der Waals surface area contributed by atoms with Crippen LogP contribution in [0.15, 0.2) is 72.8 Å². The van der Waals surface area contributed by atoms with Crippen molar-refractivity contribution in [3.05, 3.63) is 89.5 Å². The molecule has 0 saturated heterocycles. The predicted octanol–water partition coefficient (Wildman–Crippen LogP) is 9.47. The molecule has 0 bridgehead atoms. The number of benzene rings is 3. The third kappa shape index (κ3) is 10.5. The molecule has 0 aromatic heterocycles. The minimum atomic E-state index is -0.403. The Morgan fingerprint density at radius 2 is 1.53 bits per heavy atom. The van der Waals surface area contributed by atoms with E-state index in [2.05, 4.69) is 75.0 Å². The number of aryl methyl sites for hydroxylation is 1. The van der Waals surface area contributed by atoms with Crippen LogP contribution in [0, 0.1) is 11.8 Å². The van der Waals surface area contributed by atoms with Crippen molar-refractivity contribution in [2.45, 2.75) is 97.3 Å². The van der Waals surface area contributed by atoms with Gasteiger partial charge in [0.15, 0.2) is 0 Å². The average molecular weight is 641 g/mol. The molecule has 0 unspecified atom stereocenters. The first-order chi connectivity index (χ1) is 22.9. The van der Waals surface area contributed by atoms with Gasteiger partial charge in [0.2, 0.25) is 0 Å². The second-order valence-corrected chi connectivity index (χ2v) is 13.4. The van der Waals surface area contributed by atoms with E-state index in [1.807, 2.05) is 6.07 Å². The van der Waals surface area contributed by atoms with Gasteiger partial charge in [-0.25, -0.2) is 4.79 Å². The van der Waals surface area contributed by atoms with Crippen LogP contribution in [0.3, 0.4) is 0 Å². The standard InChI is InChI=1S/C42H56O5/c1-5-7-8-9-31-10-12-34(13-11-31)35-14-16-36(17-15-35)37-18-20-40(33(6-2)26-37)38-19-21-41(46-24-22-32(28-43)29-44)39(27-38)23-25-47-42(45)30(3)4/h14-21,26-27,31-32,34,43-44H,3,5-13,22-25,28-29H2,1-2,4H3. The molecule has 1 saturated carbocycles. The number of unbranched alkanes of at least 4 members (excludes halogenated alkanes) is 2. The first-order valence-electron chi connectivity index (χ1n) is 17.9. The maximum absolute atomic E-state index is 12.0. The zero-order chi connectivity index (χ0) is 33.6. The van der Waals surface area contributed by atoms with Gasteiger partial charge in [-0.05, 0) is 108 Å². The summed E-state index contributed by atoms with van der Waals surface area (Å²) < 4.78 is 11.5. The van der Waals surface area contributed by atoms with E-state index in [9.17, 15) is 15.0 Å². The Kier molecular flexibility index (Phi) is 14.6. The molecule has 1 aliphatic rings. The Bertz CT molecular complexity index is 1410. The number of aliphatic hydroxyl groups excluding tert-OH is 2. The number of rotatable bonds is 18. The van der Waals surface area contributed by atoms with Gasteiger partial charge in [0, 0.05) is 31.1 Å². The fourth-order valence-electron chi connectivity index (χ4n) is 6.80. The van der Waals surface area contributed by atoms with Crippen LogP contribution in [-0.4, -0.2) is 42.6 Å². The number of esters is 1. The molecular weight excluding hydrogens is 584 g/mol. The lowest BCUT2D eigenvalue weighted by atomic mass is 9.77. The predicted molar refractivity (Wildman–Crippen MR) is 193 cm³/mol. The van der Waals surface area contributed by atoms with Gasteiger partial charge < -0.3 is 19.7 Å². The van der Waals surface area contributed by atoms with Gasteiger partial charge in [-0.3, -0.25) is 0 Å². The molecule has 0 heterocycles. The number of hydrogen-bond donors (Lipinski definition) is 2. The van der Waals surface area contributed by atoms with Crippen molar-refractivity contribution in [2.75, 3.05) is 26.4 Å². The maximum Gasteiger partial charge on any atom is 0.333 e. The highest BCUT2D eigenvalue weighted by atomic mass is 16.5. The Labute approximate surface area is 283 Å². The third-order valence-corrected chi connectivity index (χ3v) is 9.89. The number of aliphatic hydroxyl groups is 2. The second kappa shape index (κ2) is 18.8. The van der Waals surface area contributed by atoms with Gasteiger partial charge in [0.05, 0.1) is 13.2 Å². The van der Waals surface area contributed by atoms with E-state index in [-0.39, 0.29) is 25.7 Å². The van der Waals surface area contributed by atoms with Crippen molar-refractivity contribution in [1.29, 1.82) is 0 Å². The summed E-state index contributed by atoms with van der Waals surface area (Å²) in [7, 11) is 0. The smallest absolute Gasteiger partial charge is 0.333 e. The van der Waals surface area contributed by atoms with E-state index in [0.717, 1.165) is 29.2 Å². The molecule has 0 aliphatic heterocycles. The molecule has 0 atom stereocenters. The molecule has 0 spiro atoms. The van der Waals surface area contributed by atoms with E-state index in [0.29, 0.717) is 30.9 Å². The van der Waals surface area contributed by atoms with E-state index < -0.39 is 5.97 Å². The lowest BCUT2D eigenvalue weighted by molar-refractivity contribution is -0.138. The van der Waals surface area contributed by atoms with Crippen molar-refractivity contribution in [3.63, 3.8) is 0 Å². The Morgan fingerprint density at radius 1 is 0.851 bits per heavy atom. The summed E-state index contributed by atoms with van der Waals surface area (Å²) in [4.78, 5) is 12.0. The first kappa shape index (κ1) is 36.4. The summed E-state index contributed by atoms with van der Waals surface area (Å²) in [5, 5.41) is 18.9. The summed E-state index contributed by atoms with van der Waals surface area (Å²) in [6.45, 7) is 10.2. The van der Waals surface area contributed by atoms with Crippen LogP contribution >= 0.6 is 0 Å². The number of carbonyl (C=O) groups is 1. The molecular formula is C42H56O5. The van der Waals surface area contributed by atoms with Crippen molar-refractivity contribution in [1.82, 2.24) is 0 Å². The highest BCUT2D eigenvalue weighted by molar-refractivity contribution is 5.86. The van der Waals surface area contributed by atoms with Gasteiger partial charge in [0.25, 0.3) is 0 Å². The van der Waals surface area contributed by atoms with Crippen LogP contribution in [0.1, 0.15) is 101 Å². The summed E-state index contributed by atoms with van der Waals surface area (Å²) in [6, 6.07) is 22.2. The highest BCUT2D eigenvalue weighted by Crippen LogP contribution is 2.39. The molecule has 0 radical (unpaired) electrons. The Morgan fingerprint density at radius 3 is 2.19 bits per heavy atom. The largest absolute Gasteiger partial charge is 0.493 e. The van der Waals surface area contributed by atoms with Crippen LogP contribution in [0.25, 0.3) is 22.3 Å². The summed E-state index contributed by atoms with van der Waals surface area (Å²) >= 11 is 0. The molecule has 0 amide bonds. The first-order valence-corrected chi connectivity index (χ1v) is 17.9. The normalized spacial score (nSPS) is 16.3. The van der Waals surface area contributed by atoms with Gasteiger partial charge in [0.1, 0.15) is 5.75 Å². The van der Waals surface area contributed by atoms with E-state index in [1.165, 1.54) is 79.2 Å². The topological polar surface area (TPSA) is 76.0 Å². The SMILES string of the molecule is C=C(C)C(=O)OCCc1cc(-c2ccc(-c3ccc(C4CCC(CCCCC)CC4)cc3)cc2CC)ccc1OCCC(CO)CO. The lowest BCUT2D eigenvalue weighted by Crippen LogP contribution is -2.15. The molecule has 1 aliphatic carbocycles. The van der Waals surface area contributed by atoms with Crippen molar-refractivity contribution < 1.29 is 24.5 Å². The molecule has 47 heavy (non-hydrogen) atoms. The fourth-order valence-corrected chi connectivity index (χ4v) is 6.80. The minimum Gasteiger partial charge on any atom is -0.493 e. The number of hydrogen-bond acceptors (Lipinski definition) is 5. The minimum absolute atomic E-state index is 0.0808. The van der Waals surface area contributed by atoms with Crippen molar-refractivity contribution in [3.8, 4) is 28.0 Å². The Balaban J connectivity index is 1.48.